The van der Waals surface area contributed by atoms with Crippen LogP contribution < -0.4 is 5.73 Å². The molecule has 1 amide bonds. The molecule has 88 valence electrons. The highest BCUT2D eigenvalue weighted by Gasteiger charge is 2.42. The molecule has 1 heterocycles. The van der Waals surface area contributed by atoms with Crippen LogP contribution in [0.15, 0.2) is 0 Å². The van der Waals surface area contributed by atoms with Gasteiger partial charge in [-0.15, -0.1) is 0 Å². The summed E-state index contributed by atoms with van der Waals surface area (Å²) in [6.07, 6.45) is -3.57. The fourth-order valence-corrected chi connectivity index (χ4v) is 1.81. The molecule has 1 aliphatic heterocycles. The van der Waals surface area contributed by atoms with Crippen molar-refractivity contribution >= 4 is 5.91 Å². The molecular weight excluding hydrogens is 209 g/mol. The normalized spacial score (nSPS) is 26.3. The molecule has 3 nitrogen and oxygen atoms in total. The standard InChI is InChI=1S/C9H15F3N2O/c1-6(8(13)15)14-4-2-3-7(5-14)9(10,11)12/h6-7H,2-5H2,1H3,(H2,13,15). The maximum atomic E-state index is 12.4. The highest BCUT2D eigenvalue weighted by atomic mass is 19.4. The number of primary amides is 1. The van der Waals surface area contributed by atoms with Gasteiger partial charge < -0.3 is 5.73 Å². The Kier molecular flexibility index (Phi) is 3.59. The van der Waals surface area contributed by atoms with Crippen molar-refractivity contribution in [3.63, 3.8) is 0 Å². The topological polar surface area (TPSA) is 46.3 Å². The van der Waals surface area contributed by atoms with Crippen molar-refractivity contribution in [2.75, 3.05) is 13.1 Å². The number of carbonyl (C=O) groups excluding carboxylic acids is 1. The summed E-state index contributed by atoms with van der Waals surface area (Å²) in [7, 11) is 0. The van der Waals surface area contributed by atoms with Gasteiger partial charge in [0.05, 0.1) is 12.0 Å². The summed E-state index contributed by atoms with van der Waals surface area (Å²) >= 11 is 0. The number of amides is 1. The number of carbonyl (C=O) groups is 1. The molecule has 0 saturated carbocycles. The monoisotopic (exact) mass is 224 g/mol. The summed E-state index contributed by atoms with van der Waals surface area (Å²) in [5.74, 6) is -1.90. The number of likely N-dealkylation sites (tertiary alicyclic amines) is 1. The number of alkyl halides is 3. The number of nitrogens with zero attached hydrogens (tertiary/aromatic N) is 1. The van der Waals surface area contributed by atoms with Gasteiger partial charge in [0.2, 0.25) is 5.91 Å². The van der Waals surface area contributed by atoms with Crippen LogP contribution >= 0.6 is 0 Å². The smallest absolute Gasteiger partial charge is 0.368 e. The zero-order chi connectivity index (χ0) is 11.6. The number of piperidine rings is 1. The minimum absolute atomic E-state index is 0.117. The van der Waals surface area contributed by atoms with E-state index in [2.05, 4.69) is 0 Å². The van der Waals surface area contributed by atoms with Crippen LogP contribution in [0.2, 0.25) is 0 Å². The van der Waals surface area contributed by atoms with Crippen molar-refractivity contribution in [3.05, 3.63) is 0 Å². The molecule has 2 unspecified atom stereocenters. The van der Waals surface area contributed by atoms with E-state index in [1.165, 1.54) is 4.90 Å². The van der Waals surface area contributed by atoms with E-state index in [4.69, 9.17) is 5.73 Å². The highest BCUT2D eigenvalue weighted by Crippen LogP contribution is 2.33. The van der Waals surface area contributed by atoms with Crippen LogP contribution in [-0.4, -0.2) is 36.1 Å². The first-order chi connectivity index (χ1) is 6.82. The van der Waals surface area contributed by atoms with Gasteiger partial charge in [0.1, 0.15) is 0 Å². The van der Waals surface area contributed by atoms with Crippen LogP contribution in [0.4, 0.5) is 13.2 Å². The summed E-state index contributed by atoms with van der Waals surface area (Å²) in [6.45, 7) is 1.94. The zero-order valence-electron chi connectivity index (χ0n) is 8.55. The second kappa shape index (κ2) is 4.38. The fourth-order valence-electron chi connectivity index (χ4n) is 1.81. The largest absolute Gasteiger partial charge is 0.393 e. The Hall–Kier alpha value is -0.780. The number of nitrogens with two attached hydrogens (primary N) is 1. The van der Waals surface area contributed by atoms with Gasteiger partial charge in [-0.2, -0.15) is 13.2 Å². The van der Waals surface area contributed by atoms with Gasteiger partial charge in [0, 0.05) is 6.54 Å². The summed E-state index contributed by atoms with van der Waals surface area (Å²) < 4.78 is 37.3. The van der Waals surface area contributed by atoms with Crippen LogP contribution in [0, 0.1) is 5.92 Å². The van der Waals surface area contributed by atoms with Gasteiger partial charge >= 0.3 is 6.18 Å². The maximum absolute atomic E-state index is 12.4. The van der Waals surface area contributed by atoms with Crippen LogP contribution in [0.3, 0.4) is 0 Å². The summed E-state index contributed by atoms with van der Waals surface area (Å²) in [6, 6.07) is -0.616. The second-order valence-corrected chi connectivity index (χ2v) is 3.95. The third-order valence-electron chi connectivity index (χ3n) is 2.88. The first-order valence-electron chi connectivity index (χ1n) is 4.92. The average molecular weight is 224 g/mol. The second-order valence-electron chi connectivity index (χ2n) is 3.95. The van der Waals surface area contributed by atoms with E-state index in [1.54, 1.807) is 6.92 Å². The molecule has 2 N–H and O–H groups in total. The van der Waals surface area contributed by atoms with Gasteiger partial charge in [-0.25, -0.2) is 0 Å². The van der Waals surface area contributed by atoms with Crippen molar-refractivity contribution < 1.29 is 18.0 Å². The Labute approximate surface area is 86.4 Å². The van der Waals surface area contributed by atoms with Gasteiger partial charge in [0.15, 0.2) is 0 Å². The molecule has 0 aromatic rings. The van der Waals surface area contributed by atoms with E-state index in [-0.39, 0.29) is 13.0 Å². The lowest BCUT2D eigenvalue weighted by Gasteiger charge is -2.36. The van der Waals surface area contributed by atoms with Gasteiger partial charge in [-0.3, -0.25) is 9.69 Å². The lowest BCUT2D eigenvalue weighted by atomic mass is 9.96. The van der Waals surface area contributed by atoms with Crippen molar-refractivity contribution in [1.82, 2.24) is 4.90 Å². The Morgan fingerprint density at radius 3 is 2.60 bits per heavy atom. The van der Waals surface area contributed by atoms with Crippen molar-refractivity contribution in [2.45, 2.75) is 32.0 Å². The molecule has 1 saturated heterocycles. The first-order valence-corrected chi connectivity index (χ1v) is 4.92. The lowest BCUT2D eigenvalue weighted by molar-refractivity contribution is -0.188. The van der Waals surface area contributed by atoms with E-state index in [9.17, 15) is 18.0 Å². The highest BCUT2D eigenvalue weighted by molar-refractivity contribution is 5.79. The van der Waals surface area contributed by atoms with E-state index in [0.717, 1.165) is 0 Å². The van der Waals surface area contributed by atoms with Crippen molar-refractivity contribution in [1.29, 1.82) is 0 Å². The van der Waals surface area contributed by atoms with E-state index >= 15 is 0 Å². The van der Waals surface area contributed by atoms with Crippen molar-refractivity contribution in [2.24, 2.45) is 11.7 Å². The van der Waals surface area contributed by atoms with Crippen LogP contribution in [-0.2, 0) is 4.79 Å². The quantitative estimate of drug-likeness (QED) is 0.764. The number of hydrogen-bond donors (Lipinski definition) is 1. The van der Waals surface area contributed by atoms with Gasteiger partial charge in [0.25, 0.3) is 0 Å². The number of rotatable bonds is 2. The molecular formula is C9H15F3N2O. The Morgan fingerprint density at radius 2 is 2.13 bits per heavy atom. The summed E-state index contributed by atoms with van der Waals surface area (Å²) in [5.41, 5.74) is 5.06. The molecule has 0 aromatic carbocycles. The minimum Gasteiger partial charge on any atom is -0.368 e. The van der Waals surface area contributed by atoms with E-state index < -0.39 is 24.0 Å². The summed E-state index contributed by atoms with van der Waals surface area (Å²) in [4.78, 5) is 12.4. The van der Waals surface area contributed by atoms with Crippen LogP contribution in [0.5, 0.6) is 0 Å². The molecule has 1 aliphatic rings. The van der Waals surface area contributed by atoms with Crippen LogP contribution in [0.1, 0.15) is 19.8 Å². The molecule has 15 heavy (non-hydrogen) atoms. The maximum Gasteiger partial charge on any atom is 0.393 e. The molecule has 0 radical (unpaired) electrons. The third-order valence-corrected chi connectivity index (χ3v) is 2.88. The van der Waals surface area contributed by atoms with E-state index in [1.807, 2.05) is 0 Å². The molecule has 0 aromatic heterocycles. The number of hydrogen-bond acceptors (Lipinski definition) is 2. The molecule has 0 aliphatic carbocycles. The molecule has 0 bridgehead atoms. The first kappa shape index (κ1) is 12.3. The molecule has 2 atom stereocenters. The van der Waals surface area contributed by atoms with Gasteiger partial charge in [-0.1, -0.05) is 0 Å². The van der Waals surface area contributed by atoms with Crippen LogP contribution in [0.25, 0.3) is 0 Å². The lowest BCUT2D eigenvalue weighted by Crippen LogP contribution is -2.50. The van der Waals surface area contributed by atoms with Crippen molar-refractivity contribution in [3.8, 4) is 0 Å². The molecule has 1 rings (SSSR count). The number of halogens is 3. The molecule has 1 fully saturated rings. The fraction of sp³-hybridized carbons (Fsp3) is 0.889. The minimum atomic E-state index is -4.17. The summed E-state index contributed by atoms with van der Waals surface area (Å²) in [5, 5.41) is 0. The molecule has 0 spiro atoms. The Morgan fingerprint density at radius 1 is 1.53 bits per heavy atom. The Balaban J connectivity index is 2.60. The third kappa shape index (κ3) is 3.09. The predicted octanol–water partition coefficient (Wildman–Crippen LogP) is 1.13. The van der Waals surface area contributed by atoms with Gasteiger partial charge in [-0.05, 0) is 26.3 Å². The SMILES string of the molecule is CC(C(N)=O)N1CCCC(C(F)(F)F)C1. The van der Waals surface area contributed by atoms with E-state index in [0.29, 0.717) is 13.0 Å². The zero-order valence-corrected chi connectivity index (χ0v) is 8.55. The average Bonchev–Trinajstić information content (AvgIpc) is 2.15. The molecule has 6 heteroatoms. The predicted molar refractivity (Wildman–Crippen MR) is 49.0 cm³/mol. The Bertz CT molecular complexity index is 242.